The lowest BCUT2D eigenvalue weighted by Crippen LogP contribution is -1.94. The Kier molecular flexibility index (Phi) is 2.63. The Morgan fingerprint density at radius 2 is 1.88 bits per heavy atom. The summed E-state index contributed by atoms with van der Waals surface area (Å²) in [5, 5.41) is 5.98. The Bertz CT molecular complexity index is 553. The van der Waals surface area contributed by atoms with Crippen LogP contribution in [0.4, 0.5) is 19.0 Å². The Balaban J connectivity index is 2.66. The minimum absolute atomic E-state index is 0.134. The van der Waals surface area contributed by atoms with E-state index in [1.54, 1.807) is 0 Å². The molecule has 0 bridgehead atoms. The maximum absolute atomic E-state index is 13.6. The number of hydrogen-bond donors (Lipinski definition) is 2. The largest absolute Gasteiger partial charge is 0.382 e. The molecule has 0 radical (unpaired) electrons. The number of nitrogens with one attached hydrogen (secondary N) is 1. The molecule has 0 atom stereocenters. The van der Waals surface area contributed by atoms with Gasteiger partial charge in [-0.15, -0.1) is 0 Å². The number of H-pyrrole nitrogens is 1. The third-order valence-electron chi connectivity index (χ3n) is 1.99. The molecule has 1 heterocycles. The predicted octanol–water partition coefficient (Wildman–Crippen LogP) is 2.84. The van der Waals surface area contributed by atoms with Gasteiger partial charge in [-0.25, -0.2) is 13.2 Å². The van der Waals surface area contributed by atoms with Gasteiger partial charge in [0.25, 0.3) is 0 Å². The van der Waals surface area contributed by atoms with Crippen molar-refractivity contribution in [2.45, 2.75) is 0 Å². The number of aromatic amines is 1. The van der Waals surface area contributed by atoms with E-state index in [1.807, 2.05) is 0 Å². The molecule has 1 aromatic heterocycles. The molecule has 0 spiro atoms. The summed E-state index contributed by atoms with van der Waals surface area (Å²) in [5.41, 5.74) is 5.36. The van der Waals surface area contributed by atoms with Crippen LogP contribution in [-0.2, 0) is 0 Å². The molecular formula is C9H5BrF3N3. The summed E-state index contributed by atoms with van der Waals surface area (Å²) in [4.78, 5) is 0. The maximum atomic E-state index is 13.6. The summed E-state index contributed by atoms with van der Waals surface area (Å²) in [6.45, 7) is 0. The molecule has 0 amide bonds. The number of anilines is 1. The van der Waals surface area contributed by atoms with Crippen LogP contribution in [0.5, 0.6) is 0 Å². The van der Waals surface area contributed by atoms with Crippen molar-refractivity contribution < 1.29 is 13.2 Å². The second-order valence-corrected chi connectivity index (χ2v) is 3.85. The molecule has 0 aliphatic carbocycles. The molecule has 0 saturated carbocycles. The van der Waals surface area contributed by atoms with Gasteiger partial charge in [-0.1, -0.05) is 0 Å². The van der Waals surface area contributed by atoms with Crippen LogP contribution in [0.1, 0.15) is 0 Å². The van der Waals surface area contributed by atoms with Crippen molar-refractivity contribution >= 4 is 21.7 Å². The highest BCUT2D eigenvalue weighted by Gasteiger charge is 2.18. The molecule has 2 aromatic rings. The normalized spacial score (nSPS) is 10.8. The second kappa shape index (κ2) is 3.82. The van der Waals surface area contributed by atoms with E-state index in [-0.39, 0.29) is 17.1 Å². The van der Waals surface area contributed by atoms with Crippen molar-refractivity contribution in [2.24, 2.45) is 0 Å². The smallest absolute Gasteiger partial charge is 0.175 e. The molecule has 0 saturated heterocycles. The van der Waals surface area contributed by atoms with Crippen molar-refractivity contribution in [3.63, 3.8) is 0 Å². The summed E-state index contributed by atoms with van der Waals surface area (Å²) in [6.07, 6.45) is 0. The zero-order valence-corrected chi connectivity index (χ0v) is 9.28. The van der Waals surface area contributed by atoms with Gasteiger partial charge in [-0.2, -0.15) is 5.10 Å². The third-order valence-corrected chi connectivity index (χ3v) is 2.69. The summed E-state index contributed by atoms with van der Waals surface area (Å²) in [7, 11) is 0. The molecule has 7 heteroatoms. The summed E-state index contributed by atoms with van der Waals surface area (Å²) in [6, 6.07) is 2.06. The highest BCUT2D eigenvalue weighted by atomic mass is 79.9. The fourth-order valence-corrected chi connectivity index (χ4v) is 1.65. The zero-order valence-electron chi connectivity index (χ0n) is 7.69. The molecule has 3 nitrogen and oxygen atoms in total. The Morgan fingerprint density at radius 1 is 1.19 bits per heavy atom. The van der Waals surface area contributed by atoms with Gasteiger partial charge in [0.05, 0.1) is 10.2 Å². The minimum atomic E-state index is -1.27. The van der Waals surface area contributed by atoms with Gasteiger partial charge in [-0.3, -0.25) is 5.10 Å². The van der Waals surface area contributed by atoms with Crippen LogP contribution >= 0.6 is 15.9 Å². The standard InChI is InChI=1S/C9H5BrF3N3/c10-7-8(12)3(1-4(11)9(7)13)5-2-6(14)16-15-5/h1-2H,(H3,14,15,16). The molecule has 0 aliphatic rings. The van der Waals surface area contributed by atoms with Gasteiger partial charge in [0.15, 0.2) is 11.6 Å². The number of benzene rings is 1. The number of halogens is 4. The first-order valence-electron chi connectivity index (χ1n) is 4.15. The van der Waals surface area contributed by atoms with E-state index in [0.29, 0.717) is 0 Å². The number of hydrogen-bond acceptors (Lipinski definition) is 2. The van der Waals surface area contributed by atoms with Gasteiger partial charge in [0.1, 0.15) is 11.6 Å². The highest BCUT2D eigenvalue weighted by Crippen LogP contribution is 2.31. The van der Waals surface area contributed by atoms with Gasteiger partial charge in [-0.05, 0) is 22.0 Å². The first-order valence-corrected chi connectivity index (χ1v) is 4.94. The fourth-order valence-electron chi connectivity index (χ4n) is 1.24. The van der Waals surface area contributed by atoms with E-state index >= 15 is 0 Å². The molecule has 0 unspecified atom stereocenters. The lowest BCUT2D eigenvalue weighted by Gasteiger charge is -2.04. The topological polar surface area (TPSA) is 54.7 Å². The Labute approximate surface area is 96.6 Å². The first-order chi connectivity index (χ1) is 7.50. The zero-order chi connectivity index (χ0) is 11.9. The van der Waals surface area contributed by atoms with E-state index in [1.165, 1.54) is 6.07 Å². The fraction of sp³-hybridized carbons (Fsp3) is 0. The molecule has 2 rings (SSSR count). The van der Waals surface area contributed by atoms with Crippen molar-refractivity contribution in [2.75, 3.05) is 5.73 Å². The molecule has 0 aliphatic heterocycles. The van der Waals surface area contributed by atoms with Crippen LogP contribution in [0, 0.1) is 17.5 Å². The van der Waals surface area contributed by atoms with Crippen LogP contribution in [0.2, 0.25) is 0 Å². The quantitative estimate of drug-likeness (QED) is 0.627. The van der Waals surface area contributed by atoms with Crippen molar-refractivity contribution in [1.82, 2.24) is 10.2 Å². The third kappa shape index (κ3) is 1.67. The number of aromatic nitrogens is 2. The first kappa shape index (κ1) is 11.0. The van der Waals surface area contributed by atoms with E-state index in [9.17, 15) is 13.2 Å². The van der Waals surface area contributed by atoms with Crippen molar-refractivity contribution in [1.29, 1.82) is 0 Å². The summed E-state index contributed by atoms with van der Waals surface area (Å²) >= 11 is 2.63. The second-order valence-electron chi connectivity index (χ2n) is 3.05. The van der Waals surface area contributed by atoms with Crippen molar-refractivity contribution in [3.05, 3.63) is 34.1 Å². The number of rotatable bonds is 1. The number of nitrogen functional groups attached to an aromatic ring is 1. The van der Waals surface area contributed by atoms with Crippen LogP contribution in [0.3, 0.4) is 0 Å². The van der Waals surface area contributed by atoms with Crippen LogP contribution in [0.15, 0.2) is 16.6 Å². The van der Waals surface area contributed by atoms with E-state index in [4.69, 9.17) is 5.73 Å². The van der Waals surface area contributed by atoms with Gasteiger partial charge in [0, 0.05) is 11.6 Å². The van der Waals surface area contributed by atoms with E-state index in [0.717, 1.165) is 6.07 Å². The molecular weight excluding hydrogens is 287 g/mol. The predicted molar refractivity (Wildman–Crippen MR) is 56.0 cm³/mol. The van der Waals surface area contributed by atoms with Gasteiger partial charge in [0.2, 0.25) is 0 Å². The average Bonchev–Trinajstić information content (AvgIpc) is 2.67. The molecule has 0 fully saturated rings. The lowest BCUT2D eigenvalue weighted by molar-refractivity contribution is 0.489. The van der Waals surface area contributed by atoms with Crippen LogP contribution in [0.25, 0.3) is 11.3 Å². The SMILES string of the molecule is Nc1cc(-c2cc(F)c(F)c(Br)c2F)[nH]n1. The van der Waals surface area contributed by atoms with Crippen LogP contribution < -0.4 is 5.73 Å². The van der Waals surface area contributed by atoms with E-state index in [2.05, 4.69) is 26.1 Å². The van der Waals surface area contributed by atoms with Gasteiger partial charge >= 0.3 is 0 Å². The Morgan fingerprint density at radius 3 is 2.44 bits per heavy atom. The summed E-state index contributed by atoms with van der Waals surface area (Å²) in [5.74, 6) is -3.21. The molecule has 1 aromatic carbocycles. The number of nitrogens with two attached hydrogens (primary N) is 1. The average molecular weight is 292 g/mol. The monoisotopic (exact) mass is 291 g/mol. The van der Waals surface area contributed by atoms with Crippen molar-refractivity contribution in [3.8, 4) is 11.3 Å². The van der Waals surface area contributed by atoms with E-state index < -0.39 is 21.9 Å². The molecule has 3 N–H and O–H groups in total. The summed E-state index contributed by atoms with van der Waals surface area (Å²) < 4.78 is 39.1. The Hall–Kier alpha value is -1.50. The number of nitrogens with zero attached hydrogens (tertiary/aromatic N) is 1. The van der Waals surface area contributed by atoms with Gasteiger partial charge < -0.3 is 5.73 Å². The lowest BCUT2D eigenvalue weighted by atomic mass is 10.1. The minimum Gasteiger partial charge on any atom is -0.382 e. The highest BCUT2D eigenvalue weighted by molar-refractivity contribution is 9.10. The molecule has 84 valence electrons. The van der Waals surface area contributed by atoms with Crippen LogP contribution in [-0.4, -0.2) is 10.2 Å². The maximum Gasteiger partial charge on any atom is 0.175 e. The molecule has 16 heavy (non-hydrogen) atoms.